The number of amides is 1. The van der Waals surface area contributed by atoms with Crippen molar-refractivity contribution in [3.05, 3.63) is 70.9 Å². The van der Waals surface area contributed by atoms with Gasteiger partial charge in [0.2, 0.25) is 5.91 Å². The summed E-state index contributed by atoms with van der Waals surface area (Å²) in [5.41, 5.74) is -1.54. The van der Waals surface area contributed by atoms with Gasteiger partial charge in [-0.3, -0.25) is 14.5 Å². The molecule has 2 N–H and O–H groups in total. The fourth-order valence-corrected chi connectivity index (χ4v) is 4.93. The summed E-state index contributed by atoms with van der Waals surface area (Å²) in [6, 6.07) is 7.68. The Morgan fingerprint density at radius 2 is 1.60 bits per heavy atom. The Bertz CT molecular complexity index is 1320. The fourth-order valence-electron chi connectivity index (χ4n) is 4.93. The topological polar surface area (TPSA) is 74.4 Å². The number of nitrogens with zero attached hydrogens (tertiary/aromatic N) is 1. The summed E-state index contributed by atoms with van der Waals surface area (Å²) in [5, 5.41) is 3.61. The number of nitrogens with one attached hydrogen (secondary N) is 2. The second-order valence-corrected chi connectivity index (χ2v) is 10.1. The van der Waals surface area contributed by atoms with E-state index in [-0.39, 0.29) is 55.6 Å². The molecule has 1 saturated heterocycles. The number of halogens is 7. The molecule has 1 unspecified atom stereocenters. The number of fused-ring (bicyclic) bond motifs is 1. The quantitative estimate of drug-likeness (QED) is 0.260. The van der Waals surface area contributed by atoms with Gasteiger partial charge in [-0.1, -0.05) is 18.2 Å². The minimum Gasteiger partial charge on any atom is -0.379 e. The zero-order chi connectivity index (χ0) is 29.6. The Morgan fingerprint density at radius 1 is 0.952 bits per heavy atom. The van der Waals surface area contributed by atoms with Gasteiger partial charge in [0.05, 0.1) is 30.4 Å². The number of hydrogen-bond acceptors (Lipinski definition) is 4. The Labute approximate surface area is 245 Å². The molecule has 2 heterocycles. The number of benzene rings is 2. The maximum absolute atomic E-state index is 13.3. The summed E-state index contributed by atoms with van der Waals surface area (Å²) >= 11 is 0. The van der Waals surface area contributed by atoms with E-state index in [9.17, 15) is 35.9 Å². The van der Waals surface area contributed by atoms with Crippen LogP contribution in [0.2, 0.25) is 0 Å². The average molecular weight is 620 g/mol. The number of rotatable bonds is 11. The third-order valence-corrected chi connectivity index (χ3v) is 7.11. The van der Waals surface area contributed by atoms with Crippen LogP contribution in [0, 0.1) is 0 Å². The van der Waals surface area contributed by atoms with Crippen molar-refractivity contribution in [3.8, 4) is 0 Å². The van der Waals surface area contributed by atoms with Crippen LogP contribution in [0.4, 0.5) is 26.3 Å². The van der Waals surface area contributed by atoms with Gasteiger partial charge in [-0.2, -0.15) is 26.3 Å². The number of carbonyl (C=O) groups is 2. The van der Waals surface area contributed by atoms with E-state index in [2.05, 4.69) is 15.2 Å². The number of morpholine rings is 1. The molecule has 1 atom stereocenters. The molecule has 1 aliphatic heterocycles. The van der Waals surface area contributed by atoms with Gasteiger partial charge in [0.15, 0.2) is 5.78 Å². The number of para-hydroxylation sites is 1. The number of aromatic nitrogens is 1. The van der Waals surface area contributed by atoms with E-state index in [0.29, 0.717) is 38.3 Å². The highest BCUT2D eigenvalue weighted by atomic mass is 35.5. The molecule has 42 heavy (non-hydrogen) atoms. The molecule has 1 aromatic heterocycles. The highest BCUT2D eigenvalue weighted by Crippen LogP contribution is 2.36. The molecule has 230 valence electrons. The largest absolute Gasteiger partial charge is 0.416 e. The minimum atomic E-state index is -4.98. The van der Waals surface area contributed by atoms with Gasteiger partial charge in [-0.15, -0.1) is 12.4 Å². The molecule has 1 amide bonds. The van der Waals surface area contributed by atoms with Gasteiger partial charge in [0, 0.05) is 49.5 Å². The normalized spacial score (nSPS) is 15.3. The van der Waals surface area contributed by atoms with Crippen molar-refractivity contribution in [1.82, 2.24) is 15.2 Å². The number of carbonyl (C=O) groups excluding carboxylic acids is 2. The average Bonchev–Trinajstić information content (AvgIpc) is 3.33. The van der Waals surface area contributed by atoms with Crippen molar-refractivity contribution in [2.24, 2.45) is 0 Å². The Morgan fingerprint density at radius 3 is 2.24 bits per heavy atom. The molecule has 0 spiro atoms. The van der Waals surface area contributed by atoms with Gasteiger partial charge < -0.3 is 15.0 Å². The van der Waals surface area contributed by atoms with Gasteiger partial charge in [-0.25, -0.2) is 0 Å². The van der Waals surface area contributed by atoms with E-state index in [1.165, 1.54) is 0 Å². The van der Waals surface area contributed by atoms with E-state index < -0.39 is 35.3 Å². The van der Waals surface area contributed by atoms with Crippen LogP contribution in [0.1, 0.15) is 41.5 Å². The molecule has 6 nitrogen and oxygen atoms in total. The fraction of sp³-hybridized carbons (Fsp3) is 0.448. The van der Waals surface area contributed by atoms with Gasteiger partial charge in [-0.05, 0) is 54.8 Å². The summed E-state index contributed by atoms with van der Waals surface area (Å²) < 4.78 is 85.0. The summed E-state index contributed by atoms with van der Waals surface area (Å²) in [4.78, 5) is 31.4. The summed E-state index contributed by atoms with van der Waals surface area (Å²) in [7, 11) is 0. The molecule has 0 aliphatic carbocycles. The summed E-state index contributed by atoms with van der Waals surface area (Å²) in [6.07, 6.45) is -8.09. The number of ether oxygens (including phenoxy) is 1. The SMILES string of the molecule is Cl.O=C(CCCN1CCOCC1)NC(Cc1c[nH]c2ccccc12)C(=O)CCc1cc(C(F)(F)F)cc(C(F)(F)F)c1. The van der Waals surface area contributed by atoms with Crippen LogP contribution < -0.4 is 5.32 Å². The number of aryl methyl sites for hydroxylation is 1. The molecule has 1 fully saturated rings. The predicted molar refractivity (Wildman–Crippen MR) is 147 cm³/mol. The van der Waals surface area contributed by atoms with Crippen LogP contribution in [0.5, 0.6) is 0 Å². The van der Waals surface area contributed by atoms with Crippen molar-refractivity contribution in [3.63, 3.8) is 0 Å². The zero-order valence-electron chi connectivity index (χ0n) is 22.6. The Balaban J connectivity index is 0.00000484. The van der Waals surface area contributed by atoms with Gasteiger partial charge >= 0.3 is 12.4 Å². The molecular weight excluding hydrogens is 588 g/mol. The zero-order valence-corrected chi connectivity index (χ0v) is 23.4. The monoisotopic (exact) mass is 619 g/mol. The number of H-pyrrole nitrogens is 1. The molecule has 13 heteroatoms. The summed E-state index contributed by atoms with van der Waals surface area (Å²) in [6.45, 7) is 3.49. The van der Waals surface area contributed by atoms with Crippen molar-refractivity contribution in [1.29, 1.82) is 0 Å². The minimum absolute atomic E-state index is 0. The highest BCUT2D eigenvalue weighted by molar-refractivity contribution is 5.91. The molecule has 3 aromatic rings. The lowest BCUT2D eigenvalue weighted by Crippen LogP contribution is -2.43. The lowest BCUT2D eigenvalue weighted by molar-refractivity contribution is -0.143. The van der Waals surface area contributed by atoms with Crippen LogP contribution >= 0.6 is 12.4 Å². The lowest BCUT2D eigenvalue weighted by Gasteiger charge is -2.26. The number of alkyl halides is 6. The van der Waals surface area contributed by atoms with Crippen LogP contribution in [-0.4, -0.2) is 60.5 Å². The third-order valence-electron chi connectivity index (χ3n) is 7.11. The first kappa shape index (κ1) is 33.4. The molecule has 1 aliphatic rings. The Hall–Kier alpha value is -3.09. The first-order chi connectivity index (χ1) is 19.4. The Kier molecular flexibility index (Phi) is 11.4. The standard InChI is InChI=1S/C29H31F6N3O3.ClH/c30-28(31,32)21-14-19(15-22(17-21)29(33,34)35)7-8-26(39)25(16-20-18-36-24-5-2-1-4-23(20)24)37-27(40)6-3-9-38-10-12-41-13-11-38;/h1-2,4-5,14-15,17-18,25,36H,3,6-13,16H2,(H,37,40);1H. The van der Waals surface area contributed by atoms with E-state index in [1.807, 2.05) is 24.3 Å². The van der Waals surface area contributed by atoms with Gasteiger partial charge in [0.1, 0.15) is 0 Å². The molecule has 2 aromatic carbocycles. The second-order valence-electron chi connectivity index (χ2n) is 10.1. The molecule has 4 rings (SSSR count). The van der Waals surface area contributed by atoms with Crippen molar-refractivity contribution < 1.29 is 40.7 Å². The number of aromatic amines is 1. The number of Topliss-reactive ketones (excluding diaryl/α,β-unsaturated/α-hetero) is 1. The second kappa shape index (κ2) is 14.4. The van der Waals surface area contributed by atoms with Gasteiger partial charge in [0.25, 0.3) is 0 Å². The van der Waals surface area contributed by atoms with E-state index in [1.54, 1.807) is 6.20 Å². The highest BCUT2D eigenvalue weighted by Gasteiger charge is 2.37. The first-order valence-electron chi connectivity index (χ1n) is 13.4. The first-order valence-corrected chi connectivity index (χ1v) is 13.4. The lowest BCUT2D eigenvalue weighted by atomic mass is 9.95. The molecular formula is C29H32ClF6N3O3. The van der Waals surface area contributed by atoms with Crippen molar-refractivity contribution in [2.75, 3.05) is 32.8 Å². The van der Waals surface area contributed by atoms with Crippen LogP contribution in [-0.2, 0) is 39.5 Å². The third kappa shape index (κ3) is 9.20. The maximum Gasteiger partial charge on any atom is 0.416 e. The maximum atomic E-state index is 13.3. The van der Waals surface area contributed by atoms with E-state index in [4.69, 9.17) is 4.74 Å². The molecule has 0 saturated carbocycles. The summed E-state index contributed by atoms with van der Waals surface area (Å²) in [5.74, 6) is -0.836. The smallest absolute Gasteiger partial charge is 0.379 e. The molecule has 0 radical (unpaired) electrons. The number of hydrogen-bond donors (Lipinski definition) is 2. The van der Waals surface area contributed by atoms with Crippen molar-refractivity contribution in [2.45, 2.75) is 50.5 Å². The van der Waals surface area contributed by atoms with Crippen molar-refractivity contribution >= 4 is 35.0 Å². The van der Waals surface area contributed by atoms with Crippen LogP contribution in [0.15, 0.2) is 48.7 Å². The van der Waals surface area contributed by atoms with Crippen LogP contribution in [0.25, 0.3) is 10.9 Å². The molecule has 0 bridgehead atoms. The van der Waals surface area contributed by atoms with Crippen LogP contribution in [0.3, 0.4) is 0 Å². The predicted octanol–water partition coefficient (Wildman–Crippen LogP) is 5.97. The van der Waals surface area contributed by atoms with E-state index >= 15 is 0 Å². The number of ketones is 1. The van der Waals surface area contributed by atoms with E-state index in [0.717, 1.165) is 29.6 Å².